The molecule has 3 aromatic heterocycles. The Hall–Kier alpha value is -7.70. The molecule has 0 N–H and O–H groups in total. The van der Waals surface area contributed by atoms with Crippen LogP contribution in [0.5, 0.6) is 0 Å². The van der Waals surface area contributed by atoms with Gasteiger partial charge in [-0.25, -0.2) is 19.9 Å². The van der Waals surface area contributed by atoms with Crippen molar-refractivity contribution in [2.75, 3.05) is 0 Å². The van der Waals surface area contributed by atoms with Gasteiger partial charge in [0.1, 0.15) is 16.7 Å². The standard InChI is InChI=1S/C50H30N4O2/c1-4-14-31(15-5-1)34-20-12-22-36(28-34)48-52-47(32-16-6-2-7-17-32)53-49(54-48)37-26-27-38-35(29-37)21-13-24-39(38)45-44-40-23-10-11-25-41(40)55-42(44)30-43-46(45)51-50(56-43)33-18-8-3-9-19-33/h1-30H. The molecule has 0 saturated carbocycles. The number of rotatable bonds is 6. The van der Waals surface area contributed by atoms with Crippen molar-refractivity contribution in [3.05, 3.63) is 182 Å². The molecule has 0 spiro atoms. The van der Waals surface area contributed by atoms with Crippen molar-refractivity contribution in [1.29, 1.82) is 0 Å². The van der Waals surface area contributed by atoms with E-state index >= 15 is 0 Å². The van der Waals surface area contributed by atoms with Crippen LogP contribution in [0.3, 0.4) is 0 Å². The summed E-state index contributed by atoms with van der Waals surface area (Å²) in [6.45, 7) is 0. The van der Waals surface area contributed by atoms with Crippen molar-refractivity contribution in [2.45, 2.75) is 0 Å². The molecule has 0 saturated heterocycles. The molecule has 0 fully saturated rings. The lowest BCUT2D eigenvalue weighted by Crippen LogP contribution is -2.00. The number of fused-ring (bicyclic) bond motifs is 5. The van der Waals surface area contributed by atoms with Crippen LogP contribution in [0.15, 0.2) is 191 Å². The third-order valence-electron chi connectivity index (χ3n) is 10.3. The first-order valence-corrected chi connectivity index (χ1v) is 18.5. The number of para-hydroxylation sites is 1. The molecule has 0 radical (unpaired) electrons. The minimum Gasteiger partial charge on any atom is -0.456 e. The van der Waals surface area contributed by atoms with Crippen molar-refractivity contribution in [2.24, 2.45) is 0 Å². The zero-order valence-electron chi connectivity index (χ0n) is 29.9. The molecule has 0 bridgehead atoms. The molecule has 8 aromatic carbocycles. The summed E-state index contributed by atoms with van der Waals surface area (Å²) in [5, 5.41) is 4.14. The maximum atomic E-state index is 6.44. The van der Waals surface area contributed by atoms with E-state index in [9.17, 15) is 0 Å². The Morgan fingerprint density at radius 1 is 0.339 bits per heavy atom. The highest BCUT2D eigenvalue weighted by atomic mass is 16.4. The van der Waals surface area contributed by atoms with Gasteiger partial charge in [-0.05, 0) is 57.8 Å². The summed E-state index contributed by atoms with van der Waals surface area (Å²) < 4.78 is 12.9. The normalized spacial score (nSPS) is 11.6. The van der Waals surface area contributed by atoms with Crippen molar-refractivity contribution in [3.63, 3.8) is 0 Å². The van der Waals surface area contributed by atoms with E-state index in [2.05, 4.69) is 91.0 Å². The Kier molecular flexibility index (Phi) is 7.38. The molecule has 11 aromatic rings. The Bertz CT molecular complexity index is 3240. The van der Waals surface area contributed by atoms with Gasteiger partial charge < -0.3 is 8.83 Å². The van der Waals surface area contributed by atoms with Gasteiger partial charge in [0.15, 0.2) is 23.1 Å². The number of oxazole rings is 1. The van der Waals surface area contributed by atoms with Gasteiger partial charge in [-0.3, -0.25) is 0 Å². The number of hydrogen-bond acceptors (Lipinski definition) is 6. The maximum Gasteiger partial charge on any atom is 0.227 e. The second kappa shape index (κ2) is 13.0. The first-order valence-electron chi connectivity index (χ1n) is 18.5. The molecule has 0 unspecified atom stereocenters. The SMILES string of the molecule is c1ccc(-c2cccc(-c3nc(-c4ccccc4)nc(-c4ccc5c(-c6c7nc(-c8ccccc8)oc7cc7oc8ccccc8c67)cccc5c4)n3)c2)cc1. The lowest BCUT2D eigenvalue weighted by molar-refractivity contribution is 0.617. The molecule has 11 rings (SSSR count). The Labute approximate surface area is 321 Å². The quantitative estimate of drug-likeness (QED) is 0.170. The molecule has 262 valence electrons. The van der Waals surface area contributed by atoms with E-state index in [4.69, 9.17) is 28.8 Å². The first-order chi connectivity index (χ1) is 27.7. The molecule has 56 heavy (non-hydrogen) atoms. The van der Waals surface area contributed by atoms with E-state index in [1.54, 1.807) is 0 Å². The molecule has 6 nitrogen and oxygen atoms in total. The van der Waals surface area contributed by atoms with E-state index in [1.165, 1.54) is 0 Å². The van der Waals surface area contributed by atoms with Gasteiger partial charge >= 0.3 is 0 Å². The zero-order valence-corrected chi connectivity index (χ0v) is 29.9. The number of aromatic nitrogens is 4. The van der Waals surface area contributed by atoms with Crippen LogP contribution in [0.1, 0.15) is 0 Å². The minimum atomic E-state index is 0.565. The highest BCUT2D eigenvalue weighted by Gasteiger charge is 2.23. The van der Waals surface area contributed by atoms with Crippen LogP contribution in [0.25, 0.3) is 112 Å². The lowest BCUT2D eigenvalue weighted by Gasteiger charge is -2.12. The van der Waals surface area contributed by atoms with Crippen LogP contribution < -0.4 is 0 Å². The minimum absolute atomic E-state index is 0.565. The summed E-state index contributed by atoms with van der Waals surface area (Å²) >= 11 is 0. The Morgan fingerprint density at radius 3 is 1.71 bits per heavy atom. The zero-order chi connectivity index (χ0) is 37.0. The van der Waals surface area contributed by atoms with Gasteiger partial charge in [0.25, 0.3) is 0 Å². The highest BCUT2D eigenvalue weighted by Crippen LogP contribution is 2.45. The summed E-state index contributed by atoms with van der Waals surface area (Å²) in [5.74, 6) is 2.39. The third-order valence-corrected chi connectivity index (χ3v) is 10.3. The fraction of sp³-hybridized carbons (Fsp3) is 0. The van der Waals surface area contributed by atoms with Crippen LogP contribution in [-0.4, -0.2) is 19.9 Å². The summed E-state index contributed by atoms with van der Waals surface area (Å²) in [6.07, 6.45) is 0. The summed E-state index contributed by atoms with van der Waals surface area (Å²) in [7, 11) is 0. The largest absolute Gasteiger partial charge is 0.456 e. The average Bonchev–Trinajstić information content (AvgIpc) is 3.87. The van der Waals surface area contributed by atoms with E-state index < -0.39 is 0 Å². The van der Waals surface area contributed by atoms with E-state index in [-0.39, 0.29) is 0 Å². The van der Waals surface area contributed by atoms with Gasteiger partial charge in [0.2, 0.25) is 5.89 Å². The lowest BCUT2D eigenvalue weighted by atomic mass is 9.93. The molecule has 0 aliphatic rings. The van der Waals surface area contributed by atoms with Gasteiger partial charge in [0.05, 0.1) is 0 Å². The topological polar surface area (TPSA) is 77.8 Å². The number of benzene rings is 8. The fourth-order valence-corrected chi connectivity index (χ4v) is 7.70. The van der Waals surface area contributed by atoms with Gasteiger partial charge in [-0.1, -0.05) is 146 Å². The summed E-state index contributed by atoms with van der Waals surface area (Å²) in [5.41, 5.74) is 10.9. The predicted octanol–water partition coefficient (Wildman–Crippen LogP) is 13.1. The van der Waals surface area contributed by atoms with Crippen molar-refractivity contribution < 1.29 is 8.83 Å². The van der Waals surface area contributed by atoms with E-state index in [1.807, 2.05) is 91.0 Å². The molecule has 6 heteroatoms. The summed E-state index contributed by atoms with van der Waals surface area (Å²) in [4.78, 5) is 20.3. The van der Waals surface area contributed by atoms with Crippen LogP contribution >= 0.6 is 0 Å². The predicted molar refractivity (Wildman–Crippen MR) is 225 cm³/mol. The molecule has 3 heterocycles. The van der Waals surface area contributed by atoms with Crippen molar-refractivity contribution >= 4 is 43.8 Å². The summed E-state index contributed by atoms with van der Waals surface area (Å²) in [6, 6.07) is 61.7. The molecule has 0 atom stereocenters. The average molecular weight is 719 g/mol. The number of nitrogens with zero attached hydrogens (tertiary/aromatic N) is 4. The van der Waals surface area contributed by atoms with Crippen LogP contribution in [0, 0.1) is 0 Å². The Morgan fingerprint density at radius 2 is 0.946 bits per heavy atom. The molecular formula is C50H30N4O2. The Balaban J connectivity index is 1.10. The first kappa shape index (κ1) is 31.8. The van der Waals surface area contributed by atoms with Gasteiger partial charge in [-0.2, -0.15) is 0 Å². The van der Waals surface area contributed by atoms with Crippen LogP contribution in [0.2, 0.25) is 0 Å². The third kappa shape index (κ3) is 5.43. The second-order valence-corrected chi connectivity index (χ2v) is 13.8. The van der Waals surface area contributed by atoms with Crippen molar-refractivity contribution in [1.82, 2.24) is 19.9 Å². The van der Waals surface area contributed by atoms with E-state index in [0.29, 0.717) is 28.9 Å². The van der Waals surface area contributed by atoms with Gasteiger partial charge in [0, 0.05) is 44.7 Å². The molecular weight excluding hydrogens is 689 g/mol. The fourth-order valence-electron chi connectivity index (χ4n) is 7.70. The van der Waals surface area contributed by atoms with E-state index in [0.717, 1.165) is 82.7 Å². The van der Waals surface area contributed by atoms with Crippen LogP contribution in [0.4, 0.5) is 0 Å². The monoisotopic (exact) mass is 718 g/mol. The van der Waals surface area contributed by atoms with Crippen molar-refractivity contribution in [3.8, 4) is 67.9 Å². The highest BCUT2D eigenvalue weighted by molar-refractivity contribution is 6.22. The number of hydrogen-bond donors (Lipinski definition) is 0. The molecule has 0 aliphatic carbocycles. The second-order valence-electron chi connectivity index (χ2n) is 13.8. The van der Waals surface area contributed by atoms with Crippen LogP contribution in [-0.2, 0) is 0 Å². The molecule has 0 aliphatic heterocycles. The molecule has 0 amide bonds. The smallest absolute Gasteiger partial charge is 0.227 e. The number of furan rings is 1. The maximum absolute atomic E-state index is 6.44. The van der Waals surface area contributed by atoms with Gasteiger partial charge in [-0.15, -0.1) is 0 Å².